The molecule has 0 aliphatic rings. The fourth-order valence-corrected chi connectivity index (χ4v) is 2.20. The van der Waals surface area contributed by atoms with Gasteiger partial charge in [0.2, 0.25) is 0 Å². The number of hydrogen-bond acceptors (Lipinski definition) is 3. The fraction of sp³-hybridized carbons (Fsp3) is 0.0667. The van der Waals surface area contributed by atoms with E-state index in [0.717, 1.165) is 5.56 Å². The van der Waals surface area contributed by atoms with Crippen LogP contribution in [0.3, 0.4) is 0 Å². The van der Waals surface area contributed by atoms with Gasteiger partial charge in [0.15, 0.2) is 11.4 Å². The van der Waals surface area contributed by atoms with E-state index in [4.69, 9.17) is 17.3 Å². The molecule has 0 fully saturated rings. The molecule has 7 heteroatoms. The highest BCUT2D eigenvalue weighted by Gasteiger charge is 2.08. The first-order valence-corrected chi connectivity index (χ1v) is 7.28. The summed E-state index contributed by atoms with van der Waals surface area (Å²) < 4.78 is 16.9. The maximum absolute atomic E-state index is 11.8. The lowest BCUT2D eigenvalue weighted by Gasteiger charge is -2.12. The zero-order valence-corrected chi connectivity index (χ0v) is 12.5. The van der Waals surface area contributed by atoms with Crippen LogP contribution in [-0.2, 0) is 11.3 Å². The van der Waals surface area contributed by atoms with E-state index in [1.165, 1.54) is 6.07 Å². The van der Waals surface area contributed by atoms with Crippen molar-refractivity contribution in [3.8, 4) is 5.75 Å². The molecule has 0 saturated carbocycles. The molecule has 22 heavy (non-hydrogen) atoms. The quantitative estimate of drug-likeness (QED) is 0.654. The lowest BCUT2D eigenvalue weighted by Crippen LogP contribution is -2.27. The highest BCUT2D eigenvalue weighted by molar-refractivity contribution is 7.78. The Morgan fingerprint density at radius 2 is 1.73 bits per heavy atom. The summed E-state index contributed by atoms with van der Waals surface area (Å²) in [5.41, 5.74) is 4.58. The summed E-state index contributed by atoms with van der Waals surface area (Å²) in [5.74, 6) is 0.469. The van der Waals surface area contributed by atoms with Gasteiger partial charge in [0, 0.05) is 5.69 Å². The number of anilines is 1. The first-order valence-electron chi connectivity index (χ1n) is 6.20. The van der Waals surface area contributed by atoms with Crippen LogP contribution >= 0.6 is 0 Å². The van der Waals surface area contributed by atoms with Crippen molar-refractivity contribution >= 4 is 28.3 Å². The van der Waals surface area contributed by atoms with Gasteiger partial charge in [0.05, 0.1) is 13.1 Å². The predicted octanol–water partition coefficient (Wildman–Crippen LogP) is 3.67. The predicted molar refractivity (Wildman–Crippen MR) is 85.7 cm³/mol. The van der Waals surface area contributed by atoms with Gasteiger partial charge in [-0.25, -0.2) is 0 Å². The largest absolute Gasteiger partial charge is 0.388 e. The van der Waals surface area contributed by atoms with Crippen molar-refractivity contribution in [3.63, 3.8) is 0 Å². The number of nitrogens with one attached hydrogen (secondary N) is 2. The number of rotatable bonds is 5. The zero-order chi connectivity index (χ0) is 15.9. The summed E-state index contributed by atoms with van der Waals surface area (Å²) >= 11 is -1.79. The maximum atomic E-state index is 11.8. The van der Waals surface area contributed by atoms with Crippen LogP contribution in [0.25, 0.3) is 9.69 Å². The summed E-state index contributed by atoms with van der Waals surface area (Å²) in [5, 5.41) is 0. The third kappa shape index (κ3) is 3.83. The van der Waals surface area contributed by atoms with Gasteiger partial charge in [-0.1, -0.05) is 24.3 Å². The highest BCUT2D eigenvalue weighted by atomic mass is 32.2. The Balaban J connectivity index is 2.04. The van der Waals surface area contributed by atoms with Crippen LogP contribution in [0.4, 0.5) is 17.1 Å². The molecule has 0 spiro atoms. The number of aryl methyl sites for hydroxylation is 1. The Morgan fingerprint density at radius 1 is 1.09 bits per heavy atom. The van der Waals surface area contributed by atoms with Crippen LogP contribution in [0.1, 0.15) is 5.56 Å². The first-order chi connectivity index (χ1) is 10.6. The lowest BCUT2D eigenvalue weighted by atomic mass is 10.1. The Bertz CT molecular complexity index is 779. The van der Waals surface area contributed by atoms with Gasteiger partial charge >= 0.3 is 11.3 Å². The molecule has 0 aliphatic carbocycles. The van der Waals surface area contributed by atoms with E-state index >= 15 is 0 Å². The van der Waals surface area contributed by atoms with Crippen molar-refractivity contribution < 1.29 is 8.39 Å². The van der Waals surface area contributed by atoms with Gasteiger partial charge in [-0.05, 0) is 30.7 Å². The molecule has 0 radical (unpaired) electrons. The summed E-state index contributed by atoms with van der Waals surface area (Å²) in [6, 6.07) is 11.9. The van der Waals surface area contributed by atoms with E-state index in [1.54, 1.807) is 37.3 Å². The van der Waals surface area contributed by atoms with Crippen molar-refractivity contribution in [1.29, 1.82) is 0 Å². The third-order valence-corrected chi connectivity index (χ3v) is 3.36. The Morgan fingerprint density at radius 3 is 2.36 bits per heavy atom. The van der Waals surface area contributed by atoms with Gasteiger partial charge in [-0.3, -0.25) is 9.69 Å². The second-order valence-corrected chi connectivity index (χ2v) is 5.08. The Labute approximate surface area is 131 Å². The normalized spacial score (nSPS) is 11.0. The molecular weight excluding hydrogens is 300 g/mol. The number of hydrogen-bond donors (Lipinski definition) is 2. The molecule has 2 rings (SSSR count). The summed E-state index contributed by atoms with van der Waals surface area (Å²) in [6.45, 7) is 15.9. The zero-order valence-electron chi connectivity index (χ0n) is 11.7. The Kier molecular flexibility index (Phi) is 5.10. The molecule has 110 valence electrons. The average Bonchev–Trinajstić information content (AvgIpc) is 2.54. The molecule has 1 unspecified atom stereocenters. The van der Waals surface area contributed by atoms with Gasteiger partial charge < -0.3 is 9.61 Å². The molecule has 0 amide bonds. The molecule has 0 saturated heterocycles. The monoisotopic (exact) mass is 312 g/mol. The molecule has 6 nitrogen and oxygen atoms in total. The number of benzene rings is 2. The summed E-state index contributed by atoms with van der Waals surface area (Å²) in [7, 11) is 0. The number of para-hydroxylation sites is 1. The van der Waals surface area contributed by atoms with Crippen LogP contribution < -0.4 is 14.4 Å². The molecule has 1 atom stereocenters. The van der Waals surface area contributed by atoms with Crippen molar-refractivity contribution in [1.82, 2.24) is 4.83 Å². The average molecular weight is 312 g/mol. The molecule has 2 aromatic rings. The van der Waals surface area contributed by atoms with Crippen LogP contribution in [0.2, 0.25) is 0 Å². The van der Waals surface area contributed by atoms with Gasteiger partial charge in [0.25, 0.3) is 0 Å². The van der Waals surface area contributed by atoms with E-state index in [1.807, 2.05) is 6.07 Å². The molecular formula is C15H12N4O2S. The summed E-state index contributed by atoms with van der Waals surface area (Å²) in [6.07, 6.45) is 0. The summed E-state index contributed by atoms with van der Waals surface area (Å²) in [4.78, 5) is 9.09. The minimum absolute atomic E-state index is 0.236. The van der Waals surface area contributed by atoms with Crippen LogP contribution in [0.5, 0.6) is 5.75 Å². The smallest absolute Gasteiger partial charge is 0.306 e. The SMILES string of the molecule is [C-]#[N+]c1cc(C)c(NNS(=O)Oc2ccccc2)cc1[N+]#[C-]. The molecule has 0 bridgehead atoms. The molecule has 0 aliphatic heterocycles. The molecule has 2 aromatic carbocycles. The van der Waals surface area contributed by atoms with Gasteiger partial charge in [-0.2, -0.15) is 4.21 Å². The first kappa shape index (κ1) is 15.5. The second kappa shape index (κ2) is 7.23. The Hall–Kier alpha value is -2.87. The minimum Gasteiger partial charge on any atom is -0.388 e. The second-order valence-electron chi connectivity index (χ2n) is 4.24. The molecule has 0 aromatic heterocycles. The molecule has 0 heterocycles. The van der Waals surface area contributed by atoms with E-state index in [0.29, 0.717) is 17.1 Å². The standard InChI is InChI=1S/C15H12N4O2S/c1-11-9-14(16-2)15(17-3)10-13(11)18-19-22(20)21-12-7-5-4-6-8-12/h4-10,18-19H,1H3. The van der Waals surface area contributed by atoms with E-state index in [2.05, 4.69) is 19.9 Å². The van der Waals surface area contributed by atoms with Crippen LogP contribution in [0, 0.1) is 20.1 Å². The van der Waals surface area contributed by atoms with Crippen molar-refractivity contribution in [3.05, 3.63) is 70.9 Å². The van der Waals surface area contributed by atoms with E-state index in [-0.39, 0.29) is 5.69 Å². The van der Waals surface area contributed by atoms with Crippen LogP contribution in [0.15, 0.2) is 42.5 Å². The van der Waals surface area contributed by atoms with Gasteiger partial charge in [0.1, 0.15) is 5.75 Å². The lowest BCUT2D eigenvalue weighted by molar-refractivity contribution is 0.553. The highest BCUT2D eigenvalue weighted by Crippen LogP contribution is 2.33. The van der Waals surface area contributed by atoms with Crippen molar-refractivity contribution in [2.75, 3.05) is 5.43 Å². The number of hydrazine groups is 1. The van der Waals surface area contributed by atoms with Gasteiger partial charge in [-0.15, -0.1) is 4.83 Å². The third-order valence-electron chi connectivity index (χ3n) is 2.75. The number of nitrogens with zero attached hydrogens (tertiary/aromatic N) is 2. The van der Waals surface area contributed by atoms with E-state index < -0.39 is 11.3 Å². The fourth-order valence-electron chi connectivity index (χ4n) is 1.68. The maximum Gasteiger partial charge on any atom is 0.306 e. The topological polar surface area (TPSA) is 59.1 Å². The van der Waals surface area contributed by atoms with E-state index in [9.17, 15) is 4.21 Å². The minimum atomic E-state index is -1.79. The van der Waals surface area contributed by atoms with Crippen LogP contribution in [-0.4, -0.2) is 4.21 Å². The van der Waals surface area contributed by atoms with Crippen molar-refractivity contribution in [2.45, 2.75) is 6.92 Å². The molecule has 2 N–H and O–H groups in total. The van der Waals surface area contributed by atoms with Crippen molar-refractivity contribution in [2.24, 2.45) is 0 Å².